The highest BCUT2D eigenvalue weighted by molar-refractivity contribution is 5.59. The van der Waals surface area contributed by atoms with Crippen LogP contribution >= 0.6 is 0 Å². The number of benzene rings is 4. The van der Waals surface area contributed by atoms with Crippen molar-refractivity contribution >= 4 is 11.4 Å². The molecule has 0 aliphatic rings. The van der Waals surface area contributed by atoms with Gasteiger partial charge in [0.1, 0.15) is 5.75 Å². The molecule has 4 aromatic carbocycles. The molecule has 2 unspecified atom stereocenters. The summed E-state index contributed by atoms with van der Waals surface area (Å²) >= 11 is 0. The van der Waals surface area contributed by atoms with Crippen LogP contribution in [0.15, 0.2) is 109 Å². The summed E-state index contributed by atoms with van der Waals surface area (Å²) in [5, 5.41) is 29.1. The van der Waals surface area contributed by atoms with Crippen LogP contribution in [0.1, 0.15) is 23.5 Å². The molecule has 0 amide bonds. The zero-order chi connectivity index (χ0) is 24.6. The van der Waals surface area contributed by atoms with Crippen LogP contribution < -0.4 is 15.4 Å². The largest absolute Gasteiger partial charge is 0.455 e. The first-order chi connectivity index (χ1) is 17.0. The second-order valence-electron chi connectivity index (χ2n) is 7.61. The van der Waals surface area contributed by atoms with Crippen LogP contribution in [0.25, 0.3) is 0 Å². The van der Waals surface area contributed by atoms with E-state index in [0.29, 0.717) is 34.0 Å². The van der Waals surface area contributed by atoms with Crippen molar-refractivity contribution in [3.63, 3.8) is 0 Å². The van der Waals surface area contributed by atoms with Crippen molar-refractivity contribution < 1.29 is 14.6 Å². The van der Waals surface area contributed by atoms with E-state index >= 15 is 0 Å². The Hall–Kier alpha value is -4.92. The normalized spacial score (nSPS) is 12.2. The minimum absolute atomic E-state index is 0.389. The van der Waals surface area contributed by atoms with Gasteiger partial charge in [0.25, 0.3) is 0 Å². The molecular formula is C26H22N4O5. The predicted molar refractivity (Wildman–Crippen MR) is 133 cm³/mol. The molecule has 0 saturated heterocycles. The van der Waals surface area contributed by atoms with Gasteiger partial charge in [-0.1, -0.05) is 72.8 Å². The van der Waals surface area contributed by atoms with Gasteiger partial charge >= 0.3 is 12.3 Å². The summed E-state index contributed by atoms with van der Waals surface area (Å²) in [6, 6.07) is 30.9. The van der Waals surface area contributed by atoms with Crippen LogP contribution in [-0.2, 0) is 0 Å². The smallest absolute Gasteiger partial charge is 0.310 e. The fourth-order valence-electron chi connectivity index (χ4n) is 3.51. The lowest BCUT2D eigenvalue weighted by atomic mass is 10.1. The van der Waals surface area contributed by atoms with Gasteiger partial charge in [-0.3, -0.25) is 20.2 Å². The van der Waals surface area contributed by atoms with Gasteiger partial charge < -0.3 is 15.4 Å². The third kappa shape index (κ3) is 5.91. The van der Waals surface area contributed by atoms with Crippen molar-refractivity contribution in [1.29, 1.82) is 0 Å². The minimum Gasteiger partial charge on any atom is -0.455 e. The molecule has 35 heavy (non-hydrogen) atoms. The molecule has 0 bridgehead atoms. The first-order valence-electron chi connectivity index (χ1n) is 10.8. The summed E-state index contributed by atoms with van der Waals surface area (Å²) in [4.78, 5) is 22.5. The van der Waals surface area contributed by atoms with E-state index in [0.717, 1.165) is 0 Å². The lowest BCUT2D eigenvalue weighted by Gasteiger charge is -2.17. The summed E-state index contributed by atoms with van der Waals surface area (Å²) in [5.74, 6) is 0.878. The van der Waals surface area contributed by atoms with E-state index in [1.165, 1.54) is 0 Å². The van der Waals surface area contributed by atoms with E-state index in [2.05, 4.69) is 10.6 Å². The Morgan fingerprint density at radius 3 is 1.63 bits per heavy atom. The van der Waals surface area contributed by atoms with E-state index < -0.39 is 17.3 Å². The number of hydrogen-bond acceptors (Lipinski definition) is 7. The van der Waals surface area contributed by atoms with Gasteiger partial charge in [-0.25, -0.2) is 0 Å². The van der Waals surface area contributed by atoms with Crippen molar-refractivity contribution in [2.75, 3.05) is 10.6 Å². The van der Waals surface area contributed by atoms with Gasteiger partial charge in [0.05, 0.1) is 15.5 Å². The molecule has 2 atom stereocenters. The maximum Gasteiger partial charge on any atom is 0.310 e. The SMILES string of the molecule is O=[N+]([O-])C(Nc1ccc(Oc2ccccc2NC(c2ccccc2)[N+](=O)[O-])cc1)c1ccccc1. The highest BCUT2D eigenvalue weighted by Gasteiger charge is 2.24. The Balaban J connectivity index is 1.49. The second kappa shape index (κ2) is 10.8. The molecule has 9 heteroatoms. The molecule has 0 aromatic heterocycles. The first-order valence-corrected chi connectivity index (χ1v) is 10.8. The summed E-state index contributed by atoms with van der Waals surface area (Å²) in [6.45, 7) is 0. The third-order valence-corrected chi connectivity index (χ3v) is 5.22. The van der Waals surface area contributed by atoms with Crippen LogP contribution in [0, 0.1) is 20.2 Å². The van der Waals surface area contributed by atoms with Crippen LogP contribution in [0.4, 0.5) is 11.4 Å². The van der Waals surface area contributed by atoms with Crippen molar-refractivity contribution in [1.82, 2.24) is 0 Å². The highest BCUT2D eigenvalue weighted by atomic mass is 16.6. The Kier molecular flexibility index (Phi) is 7.17. The molecule has 0 spiro atoms. The van der Waals surface area contributed by atoms with E-state index in [1.54, 1.807) is 109 Å². The molecule has 0 fully saturated rings. The van der Waals surface area contributed by atoms with Crippen LogP contribution in [0.3, 0.4) is 0 Å². The fourth-order valence-corrected chi connectivity index (χ4v) is 3.51. The monoisotopic (exact) mass is 470 g/mol. The molecule has 0 saturated carbocycles. The average molecular weight is 470 g/mol. The summed E-state index contributed by atoms with van der Waals surface area (Å²) in [6.07, 6.45) is -2.24. The molecular weight excluding hydrogens is 448 g/mol. The Labute approximate surface area is 201 Å². The predicted octanol–water partition coefficient (Wildman–Crippen LogP) is 6.25. The molecule has 0 radical (unpaired) electrons. The van der Waals surface area contributed by atoms with Crippen LogP contribution in [0.2, 0.25) is 0 Å². The molecule has 0 aliphatic heterocycles. The number of rotatable bonds is 10. The number of nitrogens with one attached hydrogen (secondary N) is 2. The van der Waals surface area contributed by atoms with Crippen LogP contribution in [0.5, 0.6) is 11.5 Å². The number of ether oxygens (including phenoxy) is 1. The third-order valence-electron chi connectivity index (χ3n) is 5.22. The van der Waals surface area contributed by atoms with Crippen molar-refractivity contribution in [2.45, 2.75) is 12.3 Å². The standard InChI is InChI=1S/C26H22N4O5/c31-29(32)25(19-9-3-1-4-10-19)27-21-15-17-22(18-16-21)35-24-14-8-7-13-23(24)28-26(30(33)34)20-11-5-2-6-12-20/h1-18,25-28H. The fraction of sp³-hybridized carbons (Fsp3) is 0.0769. The minimum atomic E-state index is -1.15. The van der Waals surface area contributed by atoms with E-state index in [-0.39, 0.29) is 4.92 Å². The number of nitro groups is 2. The lowest BCUT2D eigenvalue weighted by Crippen LogP contribution is -2.20. The molecule has 0 heterocycles. The average Bonchev–Trinajstić information content (AvgIpc) is 2.88. The topological polar surface area (TPSA) is 120 Å². The molecule has 176 valence electrons. The van der Waals surface area contributed by atoms with Gasteiger partial charge in [0.2, 0.25) is 0 Å². The van der Waals surface area contributed by atoms with Crippen LogP contribution in [-0.4, -0.2) is 9.85 Å². The van der Waals surface area contributed by atoms with Gasteiger partial charge in [-0.15, -0.1) is 0 Å². The van der Waals surface area contributed by atoms with Gasteiger partial charge in [0.15, 0.2) is 5.75 Å². The van der Waals surface area contributed by atoms with Crippen molar-refractivity contribution in [3.05, 3.63) is 141 Å². The molecule has 2 N–H and O–H groups in total. The molecule has 4 aromatic rings. The Bertz CT molecular complexity index is 1280. The Morgan fingerprint density at radius 1 is 0.600 bits per heavy atom. The van der Waals surface area contributed by atoms with E-state index in [9.17, 15) is 20.2 Å². The number of para-hydroxylation sites is 2. The maximum atomic E-state index is 11.7. The summed E-state index contributed by atoms with van der Waals surface area (Å²) < 4.78 is 5.97. The molecule has 4 rings (SSSR count). The summed E-state index contributed by atoms with van der Waals surface area (Å²) in [7, 11) is 0. The van der Waals surface area contributed by atoms with Gasteiger partial charge in [0, 0.05) is 16.8 Å². The zero-order valence-electron chi connectivity index (χ0n) is 18.5. The highest BCUT2D eigenvalue weighted by Crippen LogP contribution is 2.33. The van der Waals surface area contributed by atoms with E-state index in [1.807, 2.05) is 0 Å². The van der Waals surface area contributed by atoms with Gasteiger partial charge in [-0.05, 0) is 36.4 Å². The second-order valence-corrected chi connectivity index (χ2v) is 7.61. The van der Waals surface area contributed by atoms with Crippen molar-refractivity contribution in [2.24, 2.45) is 0 Å². The van der Waals surface area contributed by atoms with E-state index in [4.69, 9.17) is 4.74 Å². The molecule has 0 aliphatic carbocycles. The quantitative estimate of drug-likeness (QED) is 0.160. The molecule has 9 nitrogen and oxygen atoms in total. The number of anilines is 2. The van der Waals surface area contributed by atoms with Crippen molar-refractivity contribution in [3.8, 4) is 11.5 Å². The Morgan fingerprint density at radius 2 is 1.09 bits per heavy atom. The number of hydrogen-bond donors (Lipinski definition) is 2. The zero-order valence-corrected chi connectivity index (χ0v) is 18.5. The van der Waals surface area contributed by atoms with Gasteiger partial charge in [-0.2, -0.15) is 0 Å². The lowest BCUT2D eigenvalue weighted by molar-refractivity contribution is -0.521. The maximum absolute atomic E-state index is 11.7. The first kappa shape index (κ1) is 23.2. The number of nitrogens with zero attached hydrogens (tertiary/aromatic N) is 2. The summed E-state index contributed by atoms with van der Waals surface area (Å²) in [5.41, 5.74) is 2.06.